The van der Waals surface area contributed by atoms with E-state index in [1.807, 2.05) is 19.2 Å². The van der Waals surface area contributed by atoms with Gasteiger partial charge in [-0.1, -0.05) is 23.7 Å². The lowest BCUT2D eigenvalue weighted by Crippen LogP contribution is -2.36. The Kier molecular flexibility index (Phi) is 3.17. The van der Waals surface area contributed by atoms with Crippen LogP contribution in [0.15, 0.2) is 29.3 Å². The molecule has 0 radical (unpaired) electrons. The summed E-state index contributed by atoms with van der Waals surface area (Å²) in [5.41, 5.74) is 7.59. The molecule has 0 atom stereocenters. The molecule has 0 aromatic heterocycles. The first-order chi connectivity index (χ1) is 9.11. The smallest absolute Gasteiger partial charge is 0.191 e. The predicted molar refractivity (Wildman–Crippen MR) is 79.6 cm³/mol. The highest BCUT2D eigenvalue weighted by Gasteiger charge is 2.44. The van der Waals surface area contributed by atoms with Gasteiger partial charge < -0.3 is 10.6 Å². The van der Waals surface area contributed by atoms with Gasteiger partial charge in [0.25, 0.3) is 0 Å². The molecule has 2 saturated carbocycles. The Morgan fingerprint density at radius 1 is 1.37 bits per heavy atom. The normalized spacial score (nSPS) is 21.3. The molecule has 3 rings (SSSR count). The standard InChI is InChI=1S/C15H20ClN3/c1-19(13-6-7-13)14(17)18-10-15(8-9-15)11-2-4-12(16)5-3-11/h2-5,13H,6-10H2,1H3,(H2,17,18). The molecule has 1 aromatic carbocycles. The second-order valence-electron chi connectivity index (χ2n) is 5.80. The molecule has 2 fully saturated rings. The highest BCUT2D eigenvalue weighted by atomic mass is 35.5. The quantitative estimate of drug-likeness (QED) is 0.679. The van der Waals surface area contributed by atoms with Gasteiger partial charge in [0.2, 0.25) is 0 Å². The number of aliphatic imine (C=N–C) groups is 1. The molecular formula is C15H20ClN3. The second-order valence-corrected chi connectivity index (χ2v) is 6.24. The molecule has 2 aliphatic rings. The van der Waals surface area contributed by atoms with Crippen molar-refractivity contribution >= 4 is 17.6 Å². The molecule has 0 saturated heterocycles. The van der Waals surface area contributed by atoms with Crippen LogP contribution in [0.2, 0.25) is 5.02 Å². The third kappa shape index (κ3) is 2.71. The van der Waals surface area contributed by atoms with Crippen molar-refractivity contribution in [2.24, 2.45) is 10.7 Å². The van der Waals surface area contributed by atoms with E-state index in [4.69, 9.17) is 17.3 Å². The van der Waals surface area contributed by atoms with Gasteiger partial charge in [-0.05, 0) is 43.4 Å². The summed E-state index contributed by atoms with van der Waals surface area (Å²) in [5.74, 6) is 0.683. The Labute approximate surface area is 119 Å². The van der Waals surface area contributed by atoms with Gasteiger partial charge in [0.05, 0.1) is 6.54 Å². The highest BCUT2D eigenvalue weighted by molar-refractivity contribution is 6.30. The maximum Gasteiger partial charge on any atom is 0.191 e. The van der Waals surface area contributed by atoms with Crippen LogP contribution in [0.1, 0.15) is 31.2 Å². The molecule has 19 heavy (non-hydrogen) atoms. The fraction of sp³-hybridized carbons (Fsp3) is 0.533. The Hall–Kier alpha value is -1.22. The number of nitrogens with zero attached hydrogens (tertiary/aromatic N) is 2. The lowest BCUT2D eigenvalue weighted by Gasteiger charge is -2.19. The maximum atomic E-state index is 6.05. The summed E-state index contributed by atoms with van der Waals surface area (Å²) >= 11 is 5.94. The van der Waals surface area contributed by atoms with E-state index >= 15 is 0 Å². The Morgan fingerprint density at radius 3 is 2.53 bits per heavy atom. The fourth-order valence-corrected chi connectivity index (χ4v) is 2.61. The molecule has 2 aliphatic carbocycles. The predicted octanol–water partition coefficient (Wildman–Crippen LogP) is 2.78. The van der Waals surface area contributed by atoms with Gasteiger partial charge in [0, 0.05) is 23.5 Å². The number of hydrogen-bond acceptors (Lipinski definition) is 1. The average molecular weight is 278 g/mol. The molecule has 0 bridgehead atoms. The van der Waals surface area contributed by atoms with Gasteiger partial charge >= 0.3 is 0 Å². The van der Waals surface area contributed by atoms with Crippen molar-refractivity contribution in [2.45, 2.75) is 37.1 Å². The minimum Gasteiger partial charge on any atom is -0.370 e. The second kappa shape index (κ2) is 4.71. The van der Waals surface area contributed by atoms with E-state index < -0.39 is 0 Å². The summed E-state index contributed by atoms with van der Waals surface area (Å²) in [6.07, 6.45) is 4.88. The van der Waals surface area contributed by atoms with Crippen molar-refractivity contribution in [1.29, 1.82) is 0 Å². The van der Waals surface area contributed by atoms with Crippen LogP contribution in [0.25, 0.3) is 0 Å². The molecule has 0 amide bonds. The minimum absolute atomic E-state index is 0.208. The molecule has 0 spiro atoms. The number of hydrogen-bond donors (Lipinski definition) is 1. The molecule has 102 valence electrons. The first kappa shape index (κ1) is 12.8. The summed E-state index contributed by atoms with van der Waals surface area (Å²) < 4.78 is 0. The summed E-state index contributed by atoms with van der Waals surface area (Å²) in [6, 6.07) is 8.77. The molecule has 3 nitrogen and oxygen atoms in total. The number of nitrogens with two attached hydrogens (primary N) is 1. The van der Waals surface area contributed by atoms with Gasteiger partial charge in [0.15, 0.2) is 5.96 Å². The summed E-state index contributed by atoms with van der Waals surface area (Å²) in [4.78, 5) is 6.71. The van der Waals surface area contributed by atoms with Crippen molar-refractivity contribution in [3.8, 4) is 0 Å². The molecule has 2 N–H and O–H groups in total. The van der Waals surface area contributed by atoms with E-state index in [0.717, 1.165) is 11.6 Å². The third-order valence-electron chi connectivity index (χ3n) is 4.31. The minimum atomic E-state index is 0.208. The molecule has 4 heteroatoms. The molecule has 0 heterocycles. The van der Waals surface area contributed by atoms with Crippen molar-refractivity contribution in [2.75, 3.05) is 13.6 Å². The van der Waals surface area contributed by atoms with Gasteiger partial charge in [0.1, 0.15) is 0 Å². The Balaban J connectivity index is 1.68. The first-order valence-electron chi connectivity index (χ1n) is 6.90. The van der Waals surface area contributed by atoms with Crippen LogP contribution < -0.4 is 5.73 Å². The molecule has 0 aliphatic heterocycles. The molecule has 0 unspecified atom stereocenters. The van der Waals surface area contributed by atoms with Crippen molar-refractivity contribution < 1.29 is 0 Å². The first-order valence-corrected chi connectivity index (χ1v) is 7.27. The summed E-state index contributed by atoms with van der Waals surface area (Å²) in [6.45, 7) is 0.789. The van der Waals surface area contributed by atoms with Gasteiger partial charge in [-0.15, -0.1) is 0 Å². The van der Waals surface area contributed by atoms with E-state index in [0.29, 0.717) is 12.0 Å². The van der Waals surface area contributed by atoms with E-state index in [2.05, 4.69) is 22.0 Å². The number of halogens is 1. The zero-order valence-corrected chi connectivity index (χ0v) is 12.0. The average Bonchev–Trinajstić information content (AvgIpc) is 3.28. The number of benzene rings is 1. The van der Waals surface area contributed by atoms with Crippen LogP contribution in [0, 0.1) is 0 Å². The third-order valence-corrected chi connectivity index (χ3v) is 4.56. The van der Waals surface area contributed by atoms with Gasteiger partial charge in [-0.3, -0.25) is 4.99 Å². The van der Waals surface area contributed by atoms with E-state index in [9.17, 15) is 0 Å². The zero-order valence-electron chi connectivity index (χ0n) is 11.3. The monoisotopic (exact) mass is 277 g/mol. The van der Waals surface area contributed by atoms with Crippen LogP contribution in [0.3, 0.4) is 0 Å². The largest absolute Gasteiger partial charge is 0.370 e. The fourth-order valence-electron chi connectivity index (χ4n) is 2.49. The number of guanidine groups is 1. The SMILES string of the molecule is CN(C(N)=NCC1(c2ccc(Cl)cc2)CC1)C1CC1. The van der Waals surface area contributed by atoms with Gasteiger partial charge in [-0.25, -0.2) is 0 Å². The van der Waals surface area contributed by atoms with Crippen LogP contribution in [-0.4, -0.2) is 30.5 Å². The van der Waals surface area contributed by atoms with Crippen molar-refractivity contribution in [1.82, 2.24) is 4.90 Å². The van der Waals surface area contributed by atoms with Crippen molar-refractivity contribution in [3.63, 3.8) is 0 Å². The lowest BCUT2D eigenvalue weighted by molar-refractivity contribution is 0.485. The van der Waals surface area contributed by atoms with Crippen molar-refractivity contribution in [3.05, 3.63) is 34.9 Å². The van der Waals surface area contributed by atoms with E-state index in [-0.39, 0.29) is 5.41 Å². The van der Waals surface area contributed by atoms with E-state index in [1.54, 1.807) is 0 Å². The zero-order chi connectivity index (χ0) is 13.5. The summed E-state index contributed by atoms with van der Waals surface area (Å²) in [7, 11) is 2.04. The summed E-state index contributed by atoms with van der Waals surface area (Å²) in [5, 5.41) is 0.788. The molecular weight excluding hydrogens is 258 g/mol. The van der Waals surface area contributed by atoms with Crippen LogP contribution in [0.5, 0.6) is 0 Å². The lowest BCUT2D eigenvalue weighted by atomic mass is 9.96. The Morgan fingerprint density at radius 2 is 2.00 bits per heavy atom. The molecule has 1 aromatic rings. The van der Waals surface area contributed by atoms with Crippen LogP contribution in [-0.2, 0) is 5.41 Å². The topological polar surface area (TPSA) is 41.6 Å². The highest BCUT2D eigenvalue weighted by Crippen LogP contribution is 2.48. The van der Waals surface area contributed by atoms with E-state index in [1.165, 1.54) is 31.2 Å². The number of rotatable bonds is 4. The van der Waals surface area contributed by atoms with Crippen LogP contribution in [0.4, 0.5) is 0 Å². The van der Waals surface area contributed by atoms with Crippen LogP contribution >= 0.6 is 11.6 Å². The maximum absolute atomic E-state index is 6.05. The van der Waals surface area contributed by atoms with Gasteiger partial charge in [-0.2, -0.15) is 0 Å². The Bertz CT molecular complexity index is 487.